The van der Waals surface area contributed by atoms with Crippen molar-refractivity contribution in [3.63, 3.8) is 0 Å². The summed E-state index contributed by atoms with van der Waals surface area (Å²) in [5.74, 6) is 0.584. The van der Waals surface area contributed by atoms with Crippen LogP contribution in [0.3, 0.4) is 0 Å². The van der Waals surface area contributed by atoms with Crippen molar-refractivity contribution >= 4 is 5.91 Å². The van der Waals surface area contributed by atoms with E-state index < -0.39 is 0 Å². The van der Waals surface area contributed by atoms with Crippen molar-refractivity contribution in [2.24, 2.45) is 5.73 Å². The van der Waals surface area contributed by atoms with E-state index in [9.17, 15) is 9.18 Å². The molecule has 1 aliphatic rings. The molecule has 1 heterocycles. The molecule has 0 unspecified atom stereocenters. The van der Waals surface area contributed by atoms with Crippen LogP contribution < -0.4 is 10.5 Å². The summed E-state index contributed by atoms with van der Waals surface area (Å²) in [5, 5.41) is 0. The van der Waals surface area contributed by atoms with Gasteiger partial charge in [-0.05, 0) is 41.8 Å². The molecular formula is C20H21FN2O2. The smallest absolute Gasteiger partial charge is 0.254 e. The molecule has 5 heteroatoms. The topological polar surface area (TPSA) is 55.6 Å². The van der Waals surface area contributed by atoms with Crippen LogP contribution >= 0.6 is 0 Å². The molecule has 0 bridgehead atoms. The number of carbonyl (C=O) groups is 1. The molecule has 2 aromatic carbocycles. The van der Waals surface area contributed by atoms with Crippen molar-refractivity contribution in [1.82, 2.24) is 4.90 Å². The second kappa shape index (κ2) is 7.94. The van der Waals surface area contributed by atoms with Crippen molar-refractivity contribution in [2.75, 3.05) is 19.7 Å². The Balaban J connectivity index is 1.63. The van der Waals surface area contributed by atoms with Crippen LogP contribution in [0.4, 0.5) is 4.39 Å². The van der Waals surface area contributed by atoms with E-state index in [1.807, 2.05) is 17.0 Å². The Morgan fingerprint density at radius 2 is 1.88 bits per heavy atom. The lowest BCUT2D eigenvalue weighted by Crippen LogP contribution is -2.35. The number of carbonyl (C=O) groups excluding carboxylic acids is 1. The fourth-order valence-electron chi connectivity index (χ4n) is 2.86. The Morgan fingerprint density at radius 3 is 2.56 bits per heavy atom. The largest absolute Gasteiger partial charge is 0.489 e. The summed E-state index contributed by atoms with van der Waals surface area (Å²) in [7, 11) is 0. The molecule has 1 aliphatic heterocycles. The van der Waals surface area contributed by atoms with Crippen molar-refractivity contribution in [1.29, 1.82) is 0 Å². The highest BCUT2D eigenvalue weighted by Crippen LogP contribution is 2.21. The number of hydrogen-bond acceptors (Lipinski definition) is 3. The van der Waals surface area contributed by atoms with Crippen LogP contribution in [0.25, 0.3) is 0 Å². The van der Waals surface area contributed by atoms with Crippen molar-refractivity contribution in [3.05, 3.63) is 77.1 Å². The quantitative estimate of drug-likeness (QED) is 0.910. The monoisotopic (exact) mass is 340 g/mol. The predicted octanol–water partition coefficient (Wildman–Crippen LogP) is 3.08. The van der Waals surface area contributed by atoms with Crippen molar-refractivity contribution in [2.45, 2.75) is 13.0 Å². The first-order valence-electron chi connectivity index (χ1n) is 8.28. The van der Waals surface area contributed by atoms with Gasteiger partial charge in [0.05, 0.1) is 6.33 Å². The van der Waals surface area contributed by atoms with Gasteiger partial charge >= 0.3 is 0 Å². The minimum atomic E-state index is 0.00681. The summed E-state index contributed by atoms with van der Waals surface area (Å²) in [4.78, 5) is 14.5. The highest BCUT2D eigenvalue weighted by atomic mass is 19.1. The van der Waals surface area contributed by atoms with Gasteiger partial charge in [0, 0.05) is 30.8 Å². The van der Waals surface area contributed by atoms with E-state index >= 15 is 0 Å². The Labute approximate surface area is 146 Å². The molecule has 0 atom stereocenters. The molecule has 0 aliphatic carbocycles. The molecule has 0 spiro atoms. The fraction of sp³-hybridized carbons (Fsp3) is 0.250. The maximum Gasteiger partial charge on any atom is 0.254 e. The third-order valence-corrected chi connectivity index (χ3v) is 4.36. The van der Waals surface area contributed by atoms with E-state index in [0.29, 0.717) is 29.8 Å². The van der Waals surface area contributed by atoms with Gasteiger partial charge in [0.15, 0.2) is 0 Å². The molecular weight excluding hydrogens is 319 g/mol. The van der Waals surface area contributed by atoms with Crippen molar-refractivity contribution in [3.8, 4) is 5.75 Å². The van der Waals surface area contributed by atoms with Crippen LogP contribution in [0.1, 0.15) is 21.5 Å². The van der Waals surface area contributed by atoms with Gasteiger partial charge in [-0.2, -0.15) is 0 Å². The molecule has 4 nitrogen and oxygen atoms in total. The fourth-order valence-corrected chi connectivity index (χ4v) is 2.86. The van der Waals surface area contributed by atoms with Gasteiger partial charge in [0.25, 0.3) is 5.91 Å². The zero-order chi connectivity index (χ0) is 17.6. The van der Waals surface area contributed by atoms with E-state index in [4.69, 9.17) is 10.5 Å². The number of rotatable bonds is 5. The van der Waals surface area contributed by atoms with E-state index in [0.717, 1.165) is 13.0 Å². The molecule has 130 valence electrons. The molecule has 0 aromatic heterocycles. The lowest BCUT2D eigenvalue weighted by Gasteiger charge is -2.29. The second-order valence-electron chi connectivity index (χ2n) is 6.03. The number of ether oxygens (including phenoxy) is 1. The molecule has 3 rings (SSSR count). The third-order valence-electron chi connectivity index (χ3n) is 4.36. The number of nitrogens with zero attached hydrogens (tertiary/aromatic N) is 1. The summed E-state index contributed by atoms with van der Waals surface area (Å²) < 4.78 is 17.9. The van der Waals surface area contributed by atoms with Crippen LogP contribution in [0.2, 0.25) is 0 Å². The molecule has 1 amide bonds. The van der Waals surface area contributed by atoms with Crippen LogP contribution in [0.5, 0.6) is 5.75 Å². The van der Waals surface area contributed by atoms with Gasteiger partial charge in [-0.3, -0.25) is 4.79 Å². The van der Waals surface area contributed by atoms with Crippen LogP contribution in [0, 0.1) is 0 Å². The SMILES string of the molecule is NCC(=CF)COc1ccc(C(=O)N2CCc3ccccc3C2)cc1. The first-order chi connectivity index (χ1) is 12.2. The Hall–Kier alpha value is -2.66. The summed E-state index contributed by atoms with van der Waals surface area (Å²) in [6, 6.07) is 15.1. The van der Waals surface area contributed by atoms with Gasteiger partial charge in [-0.1, -0.05) is 24.3 Å². The van der Waals surface area contributed by atoms with E-state index in [1.165, 1.54) is 11.1 Å². The minimum absolute atomic E-state index is 0.00681. The maximum atomic E-state index is 12.7. The molecule has 0 saturated heterocycles. The summed E-state index contributed by atoms with van der Waals surface area (Å²) in [5.41, 5.74) is 8.90. The number of benzene rings is 2. The van der Waals surface area contributed by atoms with Gasteiger partial charge in [-0.15, -0.1) is 0 Å². The number of nitrogens with two attached hydrogens (primary N) is 1. The van der Waals surface area contributed by atoms with Crippen LogP contribution in [-0.4, -0.2) is 30.5 Å². The normalized spacial score (nSPS) is 14.2. The lowest BCUT2D eigenvalue weighted by atomic mass is 9.99. The van der Waals surface area contributed by atoms with Crippen LogP contribution in [-0.2, 0) is 13.0 Å². The second-order valence-corrected chi connectivity index (χ2v) is 6.03. The lowest BCUT2D eigenvalue weighted by molar-refractivity contribution is 0.0734. The number of amides is 1. The summed E-state index contributed by atoms with van der Waals surface area (Å²) in [6.07, 6.45) is 1.34. The average Bonchev–Trinajstić information content (AvgIpc) is 2.68. The van der Waals surface area contributed by atoms with Crippen molar-refractivity contribution < 1.29 is 13.9 Å². The molecule has 2 N–H and O–H groups in total. The highest BCUT2D eigenvalue weighted by Gasteiger charge is 2.21. The Morgan fingerprint density at radius 1 is 1.16 bits per heavy atom. The number of hydrogen-bond donors (Lipinski definition) is 1. The Kier molecular flexibility index (Phi) is 5.46. The van der Waals surface area contributed by atoms with Gasteiger partial charge in [0.1, 0.15) is 12.4 Å². The molecule has 0 fully saturated rings. The standard InChI is InChI=1S/C20H21FN2O2/c21-11-15(12-22)14-25-19-7-5-17(6-8-19)20(24)23-10-9-16-3-1-2-4-18(16)13-23/h1-8,11H,9-10,12-14,22H2. The maximum absolute atomic E-state index is 12.7. The summed E-state index contributed by atoms with van der Waals surface area (Å²) >= 11 is 0. The van der Waals surface area contributed by atoms with E-state index in [-0.39, 0.29) is 19.1 Å². The molecule has 0 saturated carbocycles. The molecule has 25 heavy (non-hydrogen) atoms. The average molecular weight is 340 g/mol. The van der Waals surface area contributed by atoms with Gasteiger partial charge in [-0.25, -0.2) is 4.39 Å². The van der Waals surface area contributed by atoms with E-state index in [2.05, 4.69) is 12.1 Å². The third kappa shape index (κ3) is 4.06. The number of halogens is 1. The van der Waals surface area contributed by atoms with Gasteiger partial charge < -0.3 is 15.4 Å². The van der Waals surface area contributed by atoms with Crippen LogP contribution in [0.15, 0.2) is 60.4 Å². The zero-order valence-electron chi connectivity index (χ0n) is 14.0. The first-order valence-corrected chi connectivity index (χ1v) is 8.28. The van der Waals surface area contributed by atoms with E-state index in [1.54, 1.807) is 24.3 Å². The highest BCUT2D eigenvalue weighted by molar-refractivity contribution is 5.94. The molecule has 2 aromatic rings. The zero-order valence-corrected chi connectivity index (χ0v) is 14.0. The number of fused-ring (bicyclic) bond motifs is 1. The molecule has 0 radical (unpaired) electrons. The predicted molar refractivity (Wildman–Crippen MR) is 95.1 cm³/mol. The Bertz CT molecular complexity index is 772. The minimum Gasteiger partial charge on any atom is -0.489 e. The summed E-state index contributed by atoms with van der Waals surface area (Å²) in [6.45, 7) is 1.57. The van der Waals surface area contributed by atoms with Gasteiger partial charge in [0.2, 0.25) is 0 Å². The first kappa shape index (κ1) is 17.2.